The van der Waals surface area contributed by atoms with Crippen molar-refractivity contribution in [1.29, 1.82) is 0 Å². The Morgan fingerprint density at radius 1 is 0.971 bits per heavy atom. The Hall–Kier alpha value is -2.96. The van der Waals surface area contributed by atoms with Gasteiger partial charge in [-0.25, -0.2) is 0 Å². The highest BCUT2D eigenvalue weighted by atomic mass is 32.2. The van der Waals surface area contributed by atoms with Gasteiger partial charge in [-0.1, -0.05) is 43.7 Å². The second kappa shape index (κ2) is 8.61. The van der Waals surface area contributed by atoms with Crippen molar-refractivity contribution in [3.63, 3.8) is 0 Å². The lowest BCUT2D eigenvalue weighted by Gasteiger charge is -2.25. The SMILES string of the molecule is CCN1C(=CC=CC=CC2=[N+](C)c3ccc(C)cc3C2(C)C)C(C)(C)c2cc(S(=O)(=O)O)ccc21. The van der Waals surface area contributed by atoms with Gasteiger partial charge in [0.15, 0.2) is 5.71 Å². The molecule has 0 spiro atoms. The predicted octanol–water partition coefficient (Wildman–Crippen LogP) is 6.06. The van der Waals surface area contributed by atoms with Crippen molar-refractivity contribution in [3.8, 4) is 0 Å². The molecule has 0 atom stereocenters. The lowest BCUT2D eigenvalue weighted by atomic mass is 9.81. The van der Waals surface area contributed by atoms with Crippen LogP contribution in [-0.4, -0.2) is 36.9 Å². The van der Waals surface area contributed by atoms with E-state index < -0.39 is 15.5 Å². The van der Waals surface area contributed by atoms with Crippen LogP contribution in [0.5, 0.6) is 0 Å². The highest BCUT2D eigenvalue weighted by Gasteiger charge is 2.43. The minimum absolute atomic E-state index is 0.0717. The third-order valence-corrected chi connectivity index (χ3v) is 8.25. The van der Waals surface area contributed by atoms with Gasteiger partial charge in [0.25, 0.3) is 10.1 Å². The van der Waals surface area contributed by atoms with Crippen molar-refractivity contribution in [3.05, 3.63) is 89.2 Å². The first-order chi connectivity index (χ1) is 16.3. The van der Waals surface area contributed by atoms with Crippen molar-refractivity contribution in [2.75, 3.05) is 18.5 Å². The molecule has 2 heterocycles. The van der Waals surface area contributed by atoms with Gasteiger partial charge in [0.2, 0.25) is 5.69 Å². The van der Waals surface area contributed by atoms with Crippen LogP contribution in [-0.2, 0) is 20.9 Å². The zero-order chi connectivity index (χ0) is 25.8. The number of aryl methyl sites for hydroxylation is 1. The monoisotopic (exact) mass is 491 g/mol. The first-order valence-electron chi connectivity index (χ1n) is 12.0. The van der Waals surface area contributed by atoms with Crippen molar-refractivity contribution in [1.82, 2.24) is 0 Å². The lowest BCUT2D eigenvalue weighted by Crippen LogP contribution is -2.26. The number of rotatable bonds is 5. The zero-order valence-electron chi connectivity index (χ0n) is 21.6. The van der Waals surface area contributed by atoms with Gasteiger partial charge in [0.1, 0.15) is 7.05 Å². The van der Waals surface area contributed by atoms with Crippen LogP contribution >= 0.6 is 0 Å². The fourth-order valence-corrected chi connectivity index (χ4v) is 5.97. The van der Waals surface area contributed by atoms with Gasteiger partial charge in [0, 0.05) is 41.1 Å². The van der Waals surface area contributed by atoms with Crippen LogP contribution in [0.15, 0.2) is 77.4 Å². The summed E-state index contributed by atoms with van der Waals surface area (Å²) in [5.41, 5.74) is 7.59. The number of fused-ring (bicyclic) bond motifs is 2. The summed E-state index contributed by atoms with van der Waals surface area (Å²) in [4.78, 5) is 2.12. The van der Waals surface area contributed by atoms with Crippen molar-refractivity contribution in [2.24, 2.45) is 0 Å². The first kappa shape index (κ1) is 25.1. The molecule has 0 aromatic heterocycles. The van der Waals surface area contributed by atoms with Gasteiger partial charge in [-0.2, -0.15) is 13.0 Å². The summed E-state index contributed by atoms with van der Waals surface area (Å²) in [6, 6.07) is 11.5. The quantitative estimate of drug-likeness (QED) is 0.314. The van der Waals surface area contributed by atoms with E-state index in [0.717, 1.165) is 23.5 Å². The van der Waals surface area contributed by atoms with Crippen molar-refractivity contribution >= 4 is 27.2 Å². The van der Waals surface area contributed by atoms with Gasteiger partial charge < -0.3 is 4.90 Å². The van der Waals surface area contributed by atoms with Crippen LogP contribution in [0.3, 0.4) is 0 Å². The Morgan fingerprint density at radius 3 is 2.34 bits per heavy atom. The first-order valence-corrected chi connectivity index (χ1v) is 13.4. The summed E-state index contributed by atoms with van der Waals surface area (Å²) in [7, 11) is -2.13. The molecule has 2 aliphatic rings. The van der Waals surface area contributed by atoms with E-state index >= 15 is 0 Å². The summed E-state index contributed by atoms with van der Waals surface area (Å²) in [6.45, 7) is 13.6. The van der Waals surface area contributed by atoms with E-state index in [0.29, 0.717) is 0 Å². The van der Waals surface area contributed by atoms with E-state index in [1.807, 2.05) is 12.2 Å². The van der Waals surface area contributed by atoms with Gasteiger partial charge in [-0.15, -0.1) is 0 Å². The largest absolute Gasteiger partial charge is 0.344 e. The maximum absolute atomic E-state index is 11.7. The summed E-state index contributed by atoms with van der Waals surface area (Å²) < 4.78 is 35.2. The third kappa shape index (κ3) is 4.19. The average Bonchev–Trinajstić information content (AvgIpc) is 3.11. The molecular formula is C29H35N2O3S+. The van der Waals surface area contributed by atoms with E-state index in [-0.39, 0.29) is 10.3 Å². The molecule has 2 aliphatic heterocycles. The van der Waals surface area contributed by atoms with Crippen LogP contribution in [0.2, 0.25) is 0 Å². The van der Waals surface area contributed by atoms with Crippen LogP contribution in [0, 0.1) is 6.92 Å². The molecule has 0 unspecified atom stereocenters. The van der Waals surface area contributed by atoms with Crippen LogP contribution < -0.4 is 4.90 Å². The Bertz CT molecular complexity index is 1420. The smallest absolute Gasteiger partial charge is 0.294 e. The highest BCUT2D eigenvalue weighted by molar-refractivity contribution is 7.85. The van der Waals surface area contributed by atoms with Gasteiger partial charge in [0.05, 0.1) is 10.3 Å². The van der Waals surface area contributed by atoms with E-state index in [1.54, 1.807) is 12.1 Å². The molecule has 0 bridgehead atoms. The molecule has 35 heavy (non-hydrogen) atoms. The van der Waals surface area contributed by atoms with Crippen molar-refractivity contribution in [2.45, 2.75) is 57.3 Å². The summed E-state index contributed by atoms with van der Waals surface area (Å²) >= 11 is 0. The number of allylic oxidation sites excluding steroid dienone is 6. The summed E-state index contributed by atoms with van der Waals surface area (Å²) in [6.07, 6.45) is 10.4. The normalized spacial score (nSPS) is 19.9. The van der Waals surface area contributed by atoms with Crippen molar-refractivity contribution < 1.29 is 17.5 Å². The molecule has 2 aromatic rings. The molecule has 0 saturated carbocycles. The van der Waals surface area contributed by atoms with Crippen LogP contribution in [0.4, 0.5) is 11.4 Å². The van der Waals surface area contributed by atoms with Gasteiger partial charge in [-0.3, -0.25) is 4.55 Å². The fraction of sp³-hybridized carbons (Fsp3) is 0.345. The zero-order valence-corrected chi connectivity index (χ0v) is 22.4. The number of nitrogens with zero attached hydrogens (tertiary/aromatic N) is 2. The topological polar surface area (TPSA) is 60.6 Å². The minimum atomic E-state index is -4.25. The molecule has 4 rings (SSSR count). The molecule has 5 nitrogen and oxygen atoms in total. The summed E-state index contributed by atoms with van der Waals surface area (Å²) in [5, 5.41) is 0. The van der Waals surface area contributed by atoms with E-state index in [9.17, 15) is 13.0 Å². The number of benzene rings is 2. The molecule has 2 aromatic carbocycles. The minimum Gasteiger partial charge on any atom is -0.344 e. The molecule has 0 aliphatic carbocycles. The van der Waals surface area contributed by atoms with Crippen LogP contribution in [0.25, 0.3) is 0 Å². The second-order valence-corrected chi connectivity index (χ2v) is 11.8. The lowest BCUT2D eigenvalue weighted by molar-refractivity contribution is -0.401. The third-order valence-electron chi connectivity index (χ3n) is 7.40. The highest BCUT2D eigenvalue weighted by Crippen LogP contribution is 2.48. The molecule has 184 valence electrons. The Balaban J connectivity index is 1.62. The standard InChI is InChI=1S/C29H34N2O3S/c1-8-31-25-17-15-21(35(32,33)34)19-23(25)29(5,6)27(31)13-11-9-10-12-26-28(3,4)22-18-20(2)14-16-24(22)30(26)7/h9-19H,8H2,1-7H3/p+1. The number of likely N-dealkylation sites (N-methyl/N-ethyl adjacent to an activating group) is 1. The number of hydrogen-bond acceptors (Lipinski definition) is 3. The molecule has 0 amide bonds. The fourth-order valence-electron chi connectivity index (χ4n) is 5.46. The molecular weight excluding hydrogens is 456 g/mol. The van der Waals surface area contributed by atoms with E-state index in [1.165, 1.54) is 28.6 Å². The average molecular weight is 492 g/mol. The van der Waals surface area contributed by atoms with E-state index in [2.05, 4.69) is 94.5 Å². The Morgan fingerprint density at radius 2 is 1.69 bits per heavy atom. The second-order valence-electron chi connectivity index (χ2n) is 10.4. The van der Waals surface area contributed by atoms with Crippen LogP contribution in [0.1, 0.15) is 51.3 Å². The Kier molecular flexibility index (Phi) is 6.18. The van der Waals surface area contributed by atoms with Gasteiger partial charge in [-0.05, 0) is 63.6 Å². The predicted molar refractivity (Wildman–Crippen MR) is 144 cm³/mol. The summed E-state index contributed by atoms with van der Waals surface area (Å²) in [5.74, 6) is 0. The number of anilines is 1. The molecule has 0 fully saturated rings. The molecule has 0 radical (unpaired) electrons. The number of hydrogen-bond donors (Lipinski definition) is 1. The van der Waals surface area contributed by atoms with E-state index in [4.69, 9.17) is 0 Å². The molecule has 6 heteroatoms. The maximum Gasteiger partial charge on any atom is 0.294 e. The van der Waals surface area contributed by atoms with Gasteiger partial charge >= 0.3 is 0 Å². The molecule has 0 saturated heterocycles. The Labute approximate surface area is 209 Å². The maximum atomic E-state index is 11.7. The molecule has 1 N–H and O–H groups in total.